The molecule has 0 bridgehead atoms. The summed E-state index contributed by atoms with van der Waals surface area (Å²) in [5, 5.41) is 0. The SMILES string of the molecule is CCCCCCC#CC=NC(C)(C)C. The molecule has 0 fully saturated rings. The molecule has 0 saturated heterocycles. The molecule has 0 aliphatic rings. The van der Waals surface area contributed by atoms with E-state index in [0.29, 0.717) is 0 Å². The second kappa shape index (κ2) is 7.62. The summed E-state index contributed by atoms with van der Waals surface area (Å²) in [6.07, 6.45) is 7.90. The molecular weight excluding hydrogens is 170 g/mol. The van der Waals surface area contributed by atoms with Crippen LogP contribution in [0.5, 0.6) is 0 Å². The molecule has 0 aromatic heterocycles. The van der Waals surface area contributed by atoms with Crippen LogP contribution < -0.4 is 0 Å². The van der Waals surface area contributed by atoms with Crippen molar-refractivity contribution in [1.29, 1.82) is 0 Å². The molecule has 1 heteroatoms. The predicted molar refractivity (Wildman–Crippen MR) is 64.8 cm³/mol. The monoisotopic (exact) mass is 193 g/mol. The maximum atomic E-state index is 4.29. The topological polar surface area (TPSA) is 12.4 Å². The van der Waals surface area contributed by atoms with E-state index < -0.39 is 0 Å². The molecule has 0 aliphatic carbocycles. The quantitative estimate of drug-likeness (QED) is 0.365. The van der Waals surface area contributed by atoms with Gasteiger partial charge in [-0.05, 0) is 27.2 Å². The number of nitrogens with zero attached hydrogens (tertiary/aromatic N) is 1. The normalized spacial score (nSPS) is 11.4. The van der Waals surface area contributed by atoms with E-state index in [1.165, 1.54) is 25.7 Å². The highest BCUT2D eigenvalue weighted by molar-refractivity contribution is 5.78. The predicted octanol–water partition coefficient (Wildman–Crippen LogP) is 3.83. The zero-order chi connectivity index (χ0) is 10.9. The summed E-state index contributed by atoms with van der Waals surface area (Å²) in [7, 11) is 0. The van der Waals surface area contributed by atoms with Crippen LogP contribution in [-0.4, -0.2) is 11.8 Å². The average molecular weight is 193 g/mol. The van der Waals surface area contributed by atoms with Crippen molar-refractivity contribution in [3.63, 3.8) is 0 Å². The van der Waals surface area contributed by atoms with E-state index in [0.717, 1.165) is 6.42 Å². The van der Waals surface area contributed by atoms with Gasteiger partial charge in [-0.3, -0.25) is 4.99 Å². The highest BCUT2D eigenvalue weighted by Crippen LogP contribution is 2.04. The van der Waals surface area contributed by atoms with Gasteiger partial charge in [0.1, 0.15) is 0 Å². The summed E-state index contributed by atoms with van der Waals surface area (Å²) in [6.45, 7) is 8.45. The molecule has 0 saturated carbocycles. The molecule has 0 aromatic carbocycles. The largest absolute Gasteiger partial charge is 0.278 e. The number of rotatable bonds is 4. The van der Waals surface area contributed by atoms with Crippen LogP contribution in [0.1, 0.15) is 59.8 Å². The summed E-state index contributed by atoms with van der Waals surface area (Å²) in [6, 6.07) is 0. The van der Waals surface area contributed by atoms with Crippen LogP contribution in [0.4, 0.5) is 0 Å². The van der Waals surface area contributed by atoms with Gasteiger partial charge in [-0.25, -0.2) is 0 Å². The number of hydrogen-bond acceptors (Lipinski definition) is 1. The fourth-order valence-electron chi connectivity index (χ4n) is 0.984. The Labute approximate surface area is 89.0 Å². The van der Waals surface area contributed by atoms with Gasteiger partial charge in [0, 0.05) is 6.42 Å². The molecule has 0 radical (unpaired) electrons. The second-order valence-corrected chi connectivity index (χ2v) is 4.56. The smallest absolute Gasteiger partial charge is 0.0717 e. The minimum atomic E-state index is 0.0108. The molecule has 1 nitrogen and oxygen atoms in total. The lowest BCUT2D eigenvalue weighted by atomic mass is 10.1. The third kappa shape index (κ3) is 11.2. The molecule has 0 amide bonds. The lowest BCUT2D eigenvalue weighted by molar-refractivity contribution is 0.587. The first-order chi connectivity index (χ1) is 6.56. The Morgan fingerprint density at radius 3 is 2.43 bits per heavy atom. The van der Waals surface area contributed by atoms with Gasteiger partial charge < -0.3 is 0 Å². The molecule has 0 aromatic rings. The van der Waals surface area contributed by atoms with Crippen molar-refractivity contribution < 1.29 is 0 Å². The molecule has 80 valence electrons. The molecule has 0 heterocycles. The maximum Gasteiger partial charge on any atom is 0.0717 e. The maximum absolute atomic E-state index is 4.29. The van der Waals surface area contributed by atoms with Crippen LogP contribution in [-0.2, 0) is 0 Å². The van der Waals surface area contributed by atoms with E-state index >= 15 is 0 Å². The second-order valence-electron chi connectivity index (χ2n) is 4.56. The zero-order valence-electron chi connectivity index (χ0n) is 10.1. The van der Waals surface area contributed by atoms with Crippen LogP contribution >= 0.6 is 0 Å². The first kappa shape index (κ1) is 13.2. The van der Waals surface area contributed by atoms with Gasteiger partial charge in [-0.1, -0.05) is 38.0 Å². The highest BCUT2D eigenvalue weighted by Gasteiger charge is 2.03. The Balaban J connectivity index is 3.49. The molecule has 0 aliphatic heterocycles. The van der Waals surface area contributed by atoms with E-state index in [4.69, 9.17) is 0 Å². The third-order valence-corrected chi connectivity index (χ3v) is 1.77. The van der Waals surface area contributed by atoms with Gasteiger partial charge in [-0.2, -0.15) is 0 Å². The number of aliphatic imine (C=N–C) groups is 1. The lowest BCUT2D eigenvalue weighted by Crippen LogP contribution is -2.08. The van der Waals surface area contributed by atoms with E-state index in [9.17, 15) is 0 Å². The van der Waals surface area contributed by atoms with Crippen LogP contribution in [0.2, 0.25) is 0 Å². The first-order valence-corrected chi connectivity index (χ1v) is 5.58. The fraction of sp³-hybridized carbons (Fsp3) is 0.769. The molecular formula is C13H23N. The number of unbranched alkanes of at least 4 members (excludes halogenated alkanes) is 4. The summed E-state index contributed by atoms with van der Waals surface area (Å²) < 4.78 is 0. The highest BCUT2D eigenvalue weighted by atomic mass is 14.8. The third-order valence-electron chi connectivity index (χ3n) is 1.77. The summed E-state index contributed by atoms with van der Waals surface area (Å²) in [5.74, 6) is 6.09. The summed E-state index contributed by atoms with van der Waals surface area (Å²) in [5.41, 5.74) is 0.0108. The van der Waals surface area contributed by atoms with Crippen LogP contribution in [0.3, 0.4) is 0 Å². The van der Waals surface area contributed by atoms with Crippen LogP contribution in [0.15, 0.2) is 4.99 Å². The van der Waals surface area contributed by atoms with Crippen LogP contribution in [0.25, 0.3) is 0 Å². The zero-order valence-corrected chi connectivity index (χ0v) is 10.1. The van der Waals surface area contributed by atoms with E-state index in [-0.39, 0.29) is 5.54 Å². The van der Waals surface area contributed by atoms with Gasteiger partial charge in [-0.15, -0.1) is 0 Å². The molecule has 0 atom stereocenters. The first-order valence-electron chi connectivity index (χ1n) is 5.58. The van der Waals surface area contributed by atoms with Gasteiger partial charge in [0.25, 0.3) is 0 Å². The minimum absolute atomic E-state index is 0.0108. The van der Waals surface area contributed by atoms with Crippen molar-refractivity contribution in [2.75, 3.05) is 0 Å². The van der Waals surface area contributed by atoms with Gasteiger partial charge in [0.2, 0.25) is 0 Å². The molecule has 0 rings (SSSR count). The van der Waals surface area contributed by atoms with Crippen molar-refractivity contribution in [2.45, 2.75) is 65.3 Å². The Morgan fingerprint density at radius 1 is 1.14 bits per heavy atom. The van der Waals surface area contributed by atoms with E-state index in [2.05, 4.69) is 44.5 Å². The van der Waals surface area contributed by atoms with Gasteiger partial charge in [0.05, 0.1) is 11.8 Å². The molecule has 0 spiro atoms. The van der Waals surface area contributed by atoms with E-state index in [1.54, 1.807) is 6.21 Å². The van der Waals surface area contributed by atoms with E-state index in [1.807, 2.05) is 0 Å². The van der Waals surface area contributed by atoms with Crippen molar-refractivity contribution in [1.82, 2.24) is 0 Å². The molecule has 0 N–H and O–H groups in total. The minimum Gasteiger partial charge on any atom is -0.278 e. The summed E-state index contributed by atoms with van der Waals surface area (Å²) >= 11 is 0. The van der Waals surface area contributed by atoms with Crippen molar-refractivity contribution >= 4 is 6.21 Å². The average Bonchev–Trinajstić information content (AvgIpc) is 2.08. The number of hydrogen-bond donors (Lipinski definition) is 0. The Kier molecular flexibility index (Phi) is 7.20. The lowest BCUT2D eigenvalue weighted by Gasteiger charge is -2.08. The standard InChI is InChI=1S/C13H23N/c1-5-6-7-8-9-10-11-12-14-13(2,3)4/h12H,5-9H2,1-4H3. The Morgan fingerprint density at radius 2 is 1.86 bits per heavy atom. The Bertz CT molecular complexity index is 210. The van der Waals surface area contributed by atoms with Crippen molar-refractivity contribution in [3.8, 4) is 11.8 Å². The fourth-order valence-corrected chi connectivity index (χ4v) is 0.984. The van der Waals surface area contributed by atoms with Gasteiger partial charge >= 0.3 is 0 Å². The van der Waals surface area contributed by atoms with Crippen molar-refractivity contribution in [2.24, 2.45) is 4.99 Å². The summed E-state index contributed by atoms with van der Waals surface area (Å²) in [4.78, 5) is 4.29. The van der Waals surface area contributed by atoms with Crippen molar-refractivity contribution in [3.05, 3.63) is 0 Å². The molecule has 14 heavy (non-hydrogen) atoms. The molecule has 0 unspecified atom stereocenters. The van der Waals surface area contributed by atoms with Gasteiger partial charge in [0.15, 0.2) is 0 Å². The van der Waals surface area contributed by atoms with Crippen LogP contribution in [0, 0.1) is 11.8 Å². The Hall–Kier alpha value is -0.770.